The molecular weight excluding hydrogens is 317 g/mol. The van der Waals surface area contributed by atoms with Gasteiger partial charge in [0.05, 0.1) is 6.54 Å². The molecule has 0 aliphatic carbocycles. The van der Waals surface area contributed by atoms with Crippen molar-refractivity contribution in [3.8, 4) is 0 Å². The number of hydrogen-bond donors (Lipinski definition) is 1. The number of hydrogen-bond acceptors (Lipinski definition) is 3. The van der Waals surface area contributed by atoms with Gasteiger partial charge in [0.2, 0.25) is 5.91 Å². The summed E-state index contributed by atoms with van der Waals surface area (Å²) in [6, 6.07) is 3.90. The van der Waals surface area contributed by atoms with Crippen LogP contribution >= 0.6 is 11.3 Å². The van der Waals surface area contributed by atoms with Gasteiger partial charge in [0.25, 0.3) is 0 Å². The van der Waals surface area contributed by atoms with Gasteiger partial charge in [-0.3, -0.25) is 9.59 Å². The molecule has 4 nitrogen and oxygen atoms in total. The van der Waals surface area contributed by atoms with E-state index in [-0.39, 0.29) is 37.8 Å². The zero-order valence-electron chi connectivity index (χ0n) is 12.1. The van der Waals surface area contributed by atoms with Crippen molar-refractivity contribution in [3.63, 3.8) is 0 Å². The minimum atomic E-state index is -4.84. The Hall–Kier alpha value is -1.57. The number of carbonyl (C=O) groups excluding carboxylic acids is 2. The van der Waals surface area contributed by atoms with Crippen LogP contribution in [0.4, 0.5) is 13.2 Å². The first-order valence-corrected chi connectivity index (χ1v) is 7.78. The van der Waals surface area contributed by atoms with E-state index in [1.807, 2.05) is 19.1 Å². The van der Waals surface area contributed by atoms with E-state index in [1.165, 1.54) is 0 Å². The first kappa shape index (κ1) is 16.8. The highest BCUT2D eigenvalue weighted by Gasteiger charge is 2.43. The number of amides is 2. The van der Waals surface area contributed by atoms with E-state index >= 15 is 0 Å². The fraction of sp³-hybridized carbons (Fsp3) is 0.571. The van der Waals surface area contributed by atoms with Crippen molar-refractivity contribution in [2.45, 2.75) is 32.5 Å². The highest BCUT2D eigenvalue weighted by atomic mass is 32.1. The van der Waals surface area contributed by atoms with Gasteiger partial charge in [-0.05, 0) is 31.9 Å². The summed E-state index contributed by atoms with van der Waals surface area (Å²) in [5.74, 6) is -2.32. The molecule has 1 aromatic heterocycles. The number of likely N-dealkylation sites (tertiary alicyclic amines) is 1. The quantitative estimate of drug-likeness (QED) is 0.923. The number of rotatable bonds is 3. The Balaban J connectivity index is 1.79. The molecule has 1 fully saturated rings. The number of alkyl halides is 3. The molecule has 1 aromatic rings. The fourth-order valence-corrected chi connectivity index (χ4v) is 3.25. The van der Waals surface area contributed by atoms with Crippen LogP contribution in [0.2, 0.25) is 0 Å². The Morgan fingerprint density at radius 3 is 2.45 bits per heavy atom. The molecule has 1 N–H and O–H groups in total. The molecule has 1 saturated heterocycles. The molecule has 0 unspecified atom stereocenters. The predicted molar refractivity (Wildman–Crippen MR) is 76.3 cm³/mol. The van der Waals surface area contributed by atoms with Crippen LogP contribution in [0, 0.1) is 12.8 Å². The maximum absolute atomic E-state index is 12.3. The van der Waals surface area contributed by atoms with Crippen molar-refractivity contribution < 1.29 is 22.8 Å². The first-order chi connectivity index (χ1) is 10.3. The lowest BCUT2D eigenvalue weighted by Crippen LogP contribution is -2.47. The number of nitrogens with zero attached hydrogens (tertiary/aromatic N) is 1. The van der Waals surface area contributed by atoms with Crippen LogP contribution in [0.3, 0.4) is 0 Å². The van der Waals surface area contributed by atoms with Crippen molar-refractivity contribution in [1.82, 2.24) is 10.2 Å². The Morgan fingerprint density at radius 2 is 1.95 bits per heavy atom. The molecule has 0 bridgehead atoms. The van der Waals surface area contributed by atoms with Gasteiger partial charge in [0, 0.05) is 28.8 Å². The highest BCUT2D eigenvalue weighted by molar-refractivity contribution is 7.11. The van der Waals surface area contributed by atoms with Gasteiger partial charge in [-0.25, -0.2) is 0 Å². The van der Waals surface area contributed by atoms with Crippen molar-refractivity contribution in [3.05, 3.63) is 21.9 Å². The van der Waals surface area contributed by atoms with E-state index in [1.54, 1.807) is 11.3 Å². The summed E-state index contributed by atoms with van der Waals surface area (Å²) in [4.78, 5) is 26.1. The lowest BCUT2D eigenvalue weighted by Gasteiger charge is -2.31. The smallest absolute Gasteiger partial charge is 0.351 e. The second kappa shape index (κ2) is 6.68. The normalized spacial score (nSPS) is 16.6. The summed E-state index contributed by atoms with van der Waals surface area (Å²) in [6.45, 7) is 2.34. The summed E-state index contributed by atoms with van der Waals surface area (Å²) in [7, 11) is 0. The molecule has 2 heterocycles. The van der Waals surface area contributed by atoms with Crippen LogP contribution in [-0.2, 0) is 16.1 Å². The van der Waals surface area contributed by atoms with Crippen LogP contribution in [0.25, 0.3) is 0 Å². The van der Waals surface area contributed by atoms with E-state index < -0.39 is 12.1 Å². The summed E-state index contributed by atoms with van der Waals surface area (Å²) in [5, 5.41) is 2.80. The topological polar surface area (TPSA) is 49.4 Å². The summed E-state index contributed by atoms with van der Waals surface area (Å²) >= 11 is 1.59. The van der Waals surface area contributed by atoms with Gasteiger partial charge in [-0.1, -0.05) is 0 Å². The third-order valence-electron chi connectivity index (χ3n) is 3.63. The number of thiophene rings is 1. The summed E-state index contributed by atoms with van der Waals surface area (Å²) in [6.07, 6.45) is -4.32. The van der Waals surface area contributed by atoms with Crippen molar-refractivity contribution >= 4 is 23.2 Å². The van der Waals surface area contributed by atoms with Crippen LogP contribution in [0.1, 0.15) is 22.6 Å². The molecule has 8 heteroatoms. The number of aryl methyl sites for hydroxylation is 1. The van der Waals surface area contributed by atoms with Gasteiger partial charge >= 0.3 is 12.1 Å². The Kier molecular flexibility index (Phi) is 5.10. The summed E-state index contributed by atoms with van der Waals surface area (Å²) < 4.78 is 37.0. The van der Waals surface area contributed by atoms with Crippen molar-refractivity contribution in [2.24, 2.45) is 5.92 Å². The molecule has 2 amide bonds. The number of nitrogens with one attached hydrogen (secondary N) is 1. The van der Waals surface area contributed by atoms with E-state index in [0.29, 0.717) is 6.54 Å². The van der Waals surface area contributed by atoms with E-state index in [4.69, 9.17) is 0 Å². The van der Waals surface area contributed by atoms with Gasteiger partial charge < -0.3 is 10.2 Å². The largest absolute Gasteiger partial charge is 0.471 e. The summed E-state index contributed by atoms with van der Waals surface area (Å²) in [5.41, 5.74) is 0. The SMILES string of the molecule is Cc1ccc(CNC(=O)C2CCN(C(=O)C(F)(F)F)CC2)s1. The molecule has 0 radical (unpaired) electrons. The molecule has 1 aliphatic rings. The molecule has 22 heavy (non-hydrogen) atoms. The zero-order chi connectivity index (χ0) is 16.3. The molecular formula is C14H17F3N2O2S. The molecule has 1 aliphatic heterocycles. The molecule has 0 aromatic carbocycles. The zero-order valence-corrected chi connectivity index (χ0v) is 12.9. The van der Waals surface area contributed by atoms with E-state index in [2.05, 4.69) is 5.32 Å². The molecule has 0 saturated carbocycles. The Morgan fingerprint density at radius 1 is 1.32 bits per heavy atom. The molecule has 122 valence electrons. The number of piperidine rings is 1. The van der Waals surface area contributed by atoms with E-state index in [0.717, 1.165) is 14.7 Å². The van der Waals surface area contributed by atoms with Gasteiger partial charge in [0.15, 0.2) is 0 Å². The average molecular weight is 334 g/mol. The Labute approximate surface area is 130 Å². The lowest BCUT2D eigenvalue weighted by molar-refractivity contribution is -0.186. The van der Waals surface area contributed by atoms with Crippen LogP contribution < -0.4 is 5.32 Å². The Bertz CT molecular complexity index is 549. The van der Waals surface area contributed by atoms with Crippen LogP contribution in [0.15, 0.2) is 12.1 Å². The number of carbonyl (C=O) groups is 2. The predicted octanol–water partition coefficient (Wildman–Crippen LogP) is 2.47. The monoisotopic (exact) mass is 334 g/mol. The molecule has 2 rings (SSSR count). The van der Waals surface area contributed by atoms with Crippen LogP contribution in [0.5, 0.6) is 0 Å². The van der Waals surface area contributed by atoms with Gasteiger partial charge in [0.1, 0.15) is 0 Å². The van der Waals surface area contributed by atoms with E-state index in [9.17, 15) is 22.8 Å². The molecule has 0 spiro atoms. The van der Waals surface area contributed by atoms with Gasteiger partial charge in [-0.15, -0.1) is 11.3 Å². The first-order valence-electron chi connectivity index (χ1n) is 6.96. The second-order valence-electron chi connectivity index (χ2n) is 5.29. The van der Waals surface area contributed by atoms with Crippen LogP contribution in [-0.4, -0.2) is 36.0 Å². The maximum atomic E-state index is 12.3. The van der Waals surface area contributed by atoms with Gasteiger partial charge in [-0.2, -0.15) is 13.2 Å². The second-order valence-corrected chi connectivity index (χ2v) is 6.67. The average Bonchev–Trinajstić information content (AvgIpc) is 2.89. The highest BCUT2D eigenvalue weighted by Crippen LogP contribution is 2.24. The minimum Gasteiger partial charge on any atom is -0.351 e. The fourth-order valence-electron chi connectivity index (χ4n) is 2.42. The standard InChI is InChI=1S/C14H17F3N2O2S/c1-9-2-3-11(22-9)8-18-12(20)10-4-6-19(7-5-10)13(21)14(15,16)17/h2-3,10H,4-8H2,1H3,(H,18,20). The third-order valence-corrected chi connectivity index (χ3v) is 4.63. The van der Waals surface area contributed by atoms with Crippen molar-refractivity contribution in [1.29, 1.82) is 0 Å². The maximum Gasteiger partial charge on any atom is 0.471 e. The minimum absolute atomic E-state index is 0.0332. The molecule has 0 atom stereocenters. The lowest BCUT2D eigenvalue weighted by atomic mass is 9.96. The van der Waals surface area contributed by atoms with Crippen molar-refractivity contribution in [2.75, 3.05) is 13.1 Å². The third kappa shape index (κ3) is 4.22. The number of halogens is 3.